The summed E-state index contributed by atoms with van der Waals surface area (Å²) >= 11 is 5.86. The van der Waals surface area contributed by atoms with Crippen molar-refractivity contribution in [2.75, 3.05) is 23.9 Å². The first kappa shape index (κ1) is 18.7. The van der Waals surface area contributed by atoms with Crippen molar-refractivity contribution >= 4 is 35.2 Å². The molecule has 2 aromatic rings. The Bertz CT molecular complexity index is 905. The zero-order valence-electron chi connectivity index (χ0n) is 15.6. The molecule has 1 fully saturated rings. The Hall–Kier alpha value is -2.66. The molecule has 0 N–H and O–H groups in total. The Balaban J connectivity index is 1.43. The van der Waals surface area contributed by atoms with Crippen molar-refractivity contribution in [2.45, 2.75) is 25.3 Å². The number of halogens is 1. The van der Waals surface area contributed by atoms with Gasteiger partial charge in [0.2, 0.25) is 11.8 Å². The number of aromatic nitrogens is 1. The van der Waals surface area contributed by atoms with Crippen LogP contribution in [0.1, 0.15) is 24.1 Å². The van der Waals surface area contributed by atoms with Gasteiger partial charge in [-0.1, -0.05) is 24.3 Å². The number of hydrogen-bond donors (Lipinski definition) is 0. The lowest BCUT2D eigenvalue weighted by atomic mass is 10.0. The predicted octanol–water partition coefficient (Wildman–Crippen LogP) is 3.28. The summed E-state index contributed by atoms with van der Waals surface area (Å²) in [6, 6.07) is 13.5. The van der Waals surface area contributed by atoms with Crippen molar-refractivity contribution in [1.82, 2.24) is 9.88 Å². The summed E-state index contributed by atoms with van der Waals surface area (Å²) < 4.78 is 0. The number of rotatable bonds is 4. The first-order valence-corrected chi connectivity index (χ1v) is 10.1. The van der Waals surface area contributed by atoms with Crippen LogP contribution in [0.5, 0.6) is 0 Å². The molecule has 1 aliphatic heterocycles. The number of likely N-dealkylation sites (tertiary alicyclic amines) is 1. The first-order valence-electron chi connectivity index (χ1n) is 9.54. The number of para-hydroxylation sites is 1. The predicted molar refractivity (Wildman–Crippen MR) is 110 cm³/mol. The number of piperidine rings is 1. The molecule has 0 atom stereocenters. The van der Waals surface area contributed by atoms with Crippen molar-refractivity contribution in [1.29, 1.82) is 0 Å². The molecule has 5 nitrogen and oxygen atoms in total. The van der Waals surface area contributed by atoms with E-state index >= 15 is 0 Å². The fourth-order valence-corrected chi connectivity index (χ4v) is 4.16. The van der Waals surface area contributed by atoms with Gasteiger partial charge in [0.25, 0.3) is 0 Å². The Kier molecular flexibility index (Phi) is 5.44. The van der Waals surface area contributed by atoms with Crippen LogP contribution < -0.4 is 4.90 Å². The highest BCUT2D eigenvalue weighted by molar-refractivity contribution is 6.29. The van der Waals surface area contributed by atoms with Gasteiger partial charge in [0, 0.05) is 43.0 Å². The van der Waals surface area contributed by atoms with E-state index < -0.39 is 0 Å². The van der Waals surface area contributed by atoms with Crippen LogP contribution in [0.4, 0.5) is 5.69 Å². The zero-order chi connectivity index (χ0) is 19.5. The first-order chi connectivity index (χ1) is 13.7. The third-order valence-corrected chi connectivity index (χ3v) is 5.65. The van der Waals surface area contributed by atoms with Crippen LogP contribution in [0.3, 0.4) is 0 Å². The number of hydrogen-bond acceptors (Lipinski definition) is 3. The SMILES string of the molecule is O=C(C1=Cc2cccnc2C1)N1CCC(N(C(=O)CCl)c2ccccc2)CC1. The van der Waals surface area contributed by atoms with Gasteiger partial charge in [-0.05, 0) is 42.7 Å². The van der Waals surface area contributed by atoms with Gasteiger partial charge in [-0.15, -0.1) is 11.6 Å². The largest absolute Gasteiger partial charge is 0.339 e. The number of amides is 2. The molecule has 1 aromatic carbocycles. The van der Waals surface area contributed by atoms with Crippen LogP contribution in [-0.2, 0) is 16.0 Å². The minimum Gasteiger partial charge on any atom is -0.339 e. The summed E-state index contributed by atoms with van der Waals surface area (Å²) in [5.74, 6) is -0.0734. The van der Waals surface area contributed by atoms with E-state index in [4.69, 9.17) is 11.6 Å². The number of pyridine rings is 1. The molecule has 0 saturated carbocycles. The second-order valence-electron chi connectivity index (χ2n) is 7.14. The van der Waals surface area contributed by atoms with Gasteiger partial charge < -0.3 is 9.80 Å². The highest BCUT2D eigenvalue weighted by Gasteiger charge is 2.32. The summed E-state index contributed by atoms with van der Waals surface area (Å²) in [7, 11) is 0. The van der Waals surface area contributed by atoms with Gasteiger partial charge in [-0.3, -0.25) is 14.6 Å². The molecule has 2 aliphatic rings. The van der Waals surface area contributed by atoms with E-state index in [2.05, 4.69) is 4.98 Å². The lowest BCUT2D eigenvalue weighted by Gasteiger charge is -2.38. The molecular formula is C22H22ClN3O2. The fourth-order valence-electron chi connectivity index (χ4n) is 4.03. The van der Waals surface area contributed by atoms with E-state index in [9.17, 15) is 9.59 Å². The Morgan fingerprint density at radius 3 is 2.54 bits per heavy atom. The van der Waals surface area contributed by atoms with E-state index in [1.54, 1.807) is 11.1 Å². The molecule has 1 aliphatic carbocycles. The second kappa shape index (κ2) is 8.15. The molecule has 0 radical (unpaired) electrons. The van der Waals surface area contributed by atoms with Crippen LogP contribution in [0.15, 0.2) is 54.2 Å². The van der Waals surface area contributed by atoms with E-state index in [0.29, 0.717) is 19.5 Å². The van der Waals surface area contributed by atoms with Crippen molar-refractivity contribution < 1.29 is 9.59 Å². The third kappa shape index (κ3) is 3.67. The molecule has 144 valence electrons. The minimum atomic E-state index is -0.0994. The molecule has 28 heavy (non-hydrogen) atoms. The highest BCUT2D eigenvalue weighted by atomic mass is 35.5. The Morgan fingerprint density at radius 1 is 1.11 bits per heavy atom. The maximum Gasteiger partial charge on any atom is 0.250 e. The molecule has 6 heteroatoms. The van der Waals surface area contributed by atoms with Gasteiger partial charge in [-0.2, -0.15) is 0 Å². The molecule has 4 rings (SSSR count). The van der Waals surface area contributed by atoms with Crippen molar-refractivity contribution in [3.05, 3.63) is 65.5 Å². The molecule has 1 saturated heterocycles. The van der Waals surface area contributed by atoms with Crippen LogP contribution in [0, 0.1) is 0 Å². The van der Waals surface area contributed by atoms with Crippen LogP contribution in [0.25, 0.3) is 6.08 Å². The van der Waals surface area contributed by atoms with Crippen molar-refractivity contribution in [3.8, 4) is 0 Å². The quantitative estimate of drug-likeness (QED) is 0.746. The van der Waals surface area contributed by atoms with Crippen LogP contribution >= 0.6 is 11.6 Å². The molecule has 0 unspecified atom stereocenters. The van der Waals surface area contributed by atoms with Gasteiger partial charge >= 0.3 is 0 Å². The standard InChI is InChI=1S/C22H22ClN3O2/c23-15-21(27)26(18-6-2-1-3-7-18)19-8-11-25(12-9-19)22(28)17-13-16-5-4-10-24-20(16)14-17/h1-7,10,13,19H,8-9,11-12,14-15H2. The van der Waals surface area contributed by atoms with Crippen molar-refractivity contribution in [2.24, 2.45) is 0 Å². The number of carbonyl (C=O) groups is 2. The molecule has 2 heterocycles. The summed E-state index contributed by atoms with van der Waals surface area (Å²) in [5.41, 5.74) is 3.65. The molecular weight excluding hydrogens is 374 g/mol. The molecule has 2 amide bonds. The van der Waals surface area contributed by atoms with Gasteiger partial charge in [0.05, 0.1) is 5.69 Å². The Morgan fingerprint density at radius 2 is 1.86 bits per heavy atom. The third-order valence-electron chi connectivity index (χ3n) is 5.42. The zero-order valence-corrected chi connectivity index (χ0v) is 16.3. The van der Waals surface area contributed by atoms with E-state index in [1.807, 2.05) is 53.4 Å². The van der Waals surface area contributed by atoms with Crippen LogP contribution in [0.2, 0.25) is 0 Å². The number of benzene rings is 1. The topological polar surface area (TPSA) is 53.5 Å². The van der Waals surface area contributed by atoms with Gasteiger partial charge in [-0.25, -0.2) is 0 Å². The number of carbonyl (C=O) groups excluding carboxylic acids is 2. The lowest BCUT2D eigenvalue weighted by molar-refractivity contribution is -0.128. The average Bonchev–Trinajstić information content (AvgIpc) is 3.19. The van der Waals surface area contributed by atoms with E-state index in [-0.39, 0.29) is 23.7 Å². The maximum absolute atomic E-state index is 12.9. The summed E-state index contributed by atoms with van der Waals surface area (Å²) in [5, 5.41) is 0. The molecule has 0 spiro atoms. The van der Waals surface area contributed by atoms with Crippen molar-refractivity contribution in [3.63, 3.8) is 0 Å². The molecule has 0 bridgehead atoms. The highest BCUT2D eigenvalue weighted by Crippen LogP contribution is 2.28. The monoisotopic (exact) mass is 395 g/mol. The summed E-state index contributed by atoms with van der Waals surface area (Å²) in [6.45, 7) is 1.26. The maximum atomic E-state index is 12.9. The smallest absolute Gasteiger partial charge is 0.250 e. The second-order valence-corrected chi connectivity index (χ2v) is 7.41. The summed E-state index contributed by atoms with van der Waals surface area (Å²) in [6.07, 6.45) is 5.78. The Labute approximate surface area is 169 Å². The fraction of sp³-hybridized carbons (Fsp3) is 0.318. The van der Waals surface area contributed by atoms with E-state index in [1.165, 1.54) is 0 Å². The van der Waals surface area contributed by atoms with Gasteiger partial charge in [0.1, 0.15) is 5.88 Å². The lowest BCUT2D eigenvalue weighted by Crippen LogP contribution is -2.49. The number of nitrogens with zero attached hydrogens (tertiary/aromatic N) is 3. The number of anilines is 1. The van der Waals surface area contributed by atoms with E-state index in [0.717, 1.165) is 35.4 Å². The van der Waals surface area contributed by atoms with Crippen LogP contribution in [-0.4, -0.2) is 46.7 Å². The minimum absolute atomic E-state index is 0.0494. The average molecular weight is 396 g/mol. The van der Waals surface area contributed by atoms with Gasteiger partial charge in [0.15, 0.2) is 0 Å². The normalized spacial score (nSPS) is 16.5. The summed E-state index contributed by atoms with van der Waals surface area (Å²) in [4.78, 5) is 33.4. The number of alkyl halides is 1. The molecule has 1 aromatic heterocycles. The number of fused-ring (bicyclic) bond motifs is 1.